The number of hydrogen-bond acceptors (Lipinski definition) is 4. The molecule has 0 saturated heterocycles. The zero-order chi connectivity index (χ0) is 12.1. The minimum Gasteiger partial charge on any atom is -0.497 e. The number of thiophene rings is 1. The first-order valence-electron chi connectivity index (χ1n) is 5.49. The third-order valence-electron chi connectivity index (χ3n) is 2.45. The summed E-state index contributed by atoms with van der Waals surface area (Å²) < 4.78 is 5.17. The van der Waals surface area contributed by atoms with Crippen LogP contribution in [-0.4, -0.2) is 13.7 Å². The summed E-state index contributed by atoms with van der Waals surface area (Å²) in [5, 5.41) is 5.44. The topological polar surface area (TPSA) is 47.3 Å². The molecule has 0 aliphatic carbocycles. The highest BCUT2D eigenvalue weighted by atomic mass is 32.1. The minimum absolute atomic E-state index is 0.711. The van der Waals surface area contributed by atoms with Gasteiger partial charge in [-0.3, -0.25) is 0 Å². The number of nitrogens with one attached hydrogen (secondary N) is 1. The lowest BCUT2D eigenvalue weighted by Crippen LogP contribution is -2.04. The maximum Gasteiger partial charge on any atom is 0.122 e. The number of nitrogen functional groups attached to an aromatic ring is 1. The van der Waals surface area contributed by atoms with Gasteiger partial charge in [0.05, 0.1) is 7.11 Å². The quantitative estimate of drug-likeness (QED) is 0.800. The second kappa shape index (κ2) is 5.59. The van der Waals surface area contributed by atoms with Crippen molar-refractivity contribution in [1.82, 2.24) is 0 Å². The first-order valence-corrected chi connectivity index (χ1v) is 6.37. The normalized spacial score (nSPS) is 10.2. The van der Waals surface area contributed by atoms with E-state index in [1.54, 1.807) is 18.4 Å². The first kappa shape index (κ1) is 11.8. The van der Waals surface area contributed by atoms with E-state index < -0.39 is 0 Å². The molecule has 0 aliphatic rings. The van der Waals surface area contributed by atoms with Gasteiger partial charge in [-0.05, 0) is 23.9 Å². The predicted molar refractivity (Wildman–Crippen MR) is 73.9 cm³/mol. The average Bonchev–Trinajstić information content (AvgIpc) is 2.81. The Bertz CT molecular complexity index is 468. The lowest BCUT2D eigenvalue weighted by atomic mass is 10.2. The average molecular weight is 248 g/mol. The van der Waals surface area contributed by atoms with Crippen LogP contribution in [-0.2, 0) is 6.42 Å². The molecule has 0 atom stereocenters. The second-order valence-corrected chi connectivity index (χ2v) is 4.78. The molecule has 3 nitrogen and oxygen atoms in total. The van der Waals surface area contributed by atoms with Crippen molar-refractivity contribution in [3.05, 3.63) is 40.6 Å². The zero-order valence-electron chi connectivity index (χ0n) is 9.77. The van der Waals surface area contributed by atoms with Gasteiger partial charge in [-0.25, -0.2) is 0 Å². The fourth-order valence-electron chi connectivity index (χ4n) is 1.63. The van der Waals surface area contributed by atoms with Crippen molar-refractivity contribution in [3.8, 4) is 5.75 Å². The van der Waals surface area contributed by atoms with Crippen LogP contribution >= 0.6 is 11.3 Å². The highest BCUT2D eigenvalue weighted by Gasteiger charge is 1.99. The van der Waals surface area contributed by atoms with Gasteiger partial charge in [-0.2, -0.15) is 0 Å². The van der Waals surface area contributed by atoms with Crippen LogP contribution in [0.5, 0.6) is 5.75 Å². The van der Waals surface area contributed by atoms with Gasteiger partial charge in [0.1, 0.15) is 5.75 Å². The summed E-state index contributed by atoms with van der Waals surface area (Å²) in [5.41, 5.74) is 7.49. The van der Waals surface area contributed by atoms with E-state index in [1.165, 1.54) is 4.88 Å². The molecule has 1 aromatic heterocycles. The van der Waals surface area contributed by atoms with Crippen LogP contribution in [0.1, 0.15) is 4.88 Å². The van der Waals surface area contributed by atoms with Crippen molar-refractivity contribution in [2.75, 3.05) is 24.7 Å². The third-order valence-corrected chi connectivity index (χ3v) is 3.38. The van der Waals surface area contributed by atoms with Crippen LogP contribution in [0.3, 0.4) is 0 Å². The van der Waals surface area contributed by atoms with Gasteiger partial charge >= 0.3 is 0 Å². The molecule has 0 bridgehead atoms. The summed E-state index contributed by atoms with van der Waals surface area (Å²) in [7, 11) is 1.64. The molecule has 0 aliphatic heterocycles. The summed E-state index contributed by atoms with van der Waals surface area (Å²) in [6.45, 7) is 0.896. The largest absolute Gasteiger partial charge is 0.497 e. The summed E-state index contributed by atoms with van der Waals surface area (Å²) in [4.78, 5) is 1.38. The van der Waals surface area contributed by atoms with Crippen molar-refractivity contribution in [1.29, 1.82) is 0 Å². The molecule has 2 aromatic rings. The molecule has 0 saturated carbocycles. The fraction of sp³-hybridized carbons (Fsp3) is 0.231. The van der Waals surface area contributed by atoms with Crippen molar-refractivity contribution in [2.45, 2.75) is 6.42 Å². The molecule has 0 spiro atoms. The molecule has 2 rings (SSSR count). The summed E-state index contributed by atoms with van der Waals surface area (Å²) >= 11 is 1.78. The molecular weight excluding hydrogens is 232 g/mol. The summed E-state index contributed by atoms with van der Waals surface area (Å²) in [5.74, 6) is 0.781. The van der Waals surface area contributed by atoms with E-state index in [-0.39, 0.29) is 0 Å². The zero-order valence-corrected chi connectivity index (χ0v) is 10.6. The van der Waals surface area contributed by atoms with Gasteiger partial charge in [-0.1, -0.05) is 6.07 Å². The number of benzene rings is 1. The molecule has 1 aromatic carbocycles. The number of hydrogen-bond donors (Lipinski definition) is 2. The Morgan fingerprint density at radius 1 is 1.35 bits per heavy atom. The highest BCUT2D eigenvalue weighted by molar-refractivity contribution is 7.09. The van der Waals surface area contributed by atoms with E-state index in [1.807, 2.05) is 18.2 Å². The first-order chi connectivity index (χ1) is 8.28. The van der Waals surface area contributed by atoms with Gasteiger partial charge in [-0.15, -0.1) is 11.3 Å². The number of methoxy groups -OCH3 is 1. The van der Waals surface area contributed by atoms with E-state index in [0.717, 1.165) is 24.4 Å². The number of nitrogens with two attached hydrogens (primary N) is 1. The fourth-order valence-corrected chi connectivity index (χ4v) is 2.34. The SMILES string of the molecule is COc1cc(N)cc(NCCc2cccs2)c1. The van der Waals surface area contributed by atoms with E-state index in [2.05, 4.69) is 22.8 Å². The summed E-state index contributed by atoms with van der Waals surface area (Å²) in [6, 6.07) is 9.89. The van der Waals surface area contributed by atoms with Gasteiger partial charge in [0, 0.05) is 34.9 Å². The Morgan fingerprint density at radius 3 is 2.94 bits per heavy atom. The van der Waals surface area contributed by atoms with Crippen LogP contribution in [0.25, 0.3) is 0 Å². The standard InChI is InChI=1S/C13H16N2OS/c1-16-12-8-10(14)7-11(9-12)15-5-4-13-3-2-6-17-13/h2-3,6-9,15H,4-5,14H2,1H3. The van der Waals surface area contributed by atoms with Gasteiger partial charge in [0.2, 0.25) is 0 Å². The molecule has 0 radical (unpaired) electrons. The molecular formula is C13H16N2OS. The molecule has 0 unspecified atom stereocenters. The van der Waals surface area contributed by atoms with Crippen LogP contribution in [0, 0.1) is 0 Å². The molecule has 90 valence electrons. The van der Waals surface area contributed by atoms with Crippen molar-refractivity contribution < 1.29 is 4.74 Å². The summed E-state index contributed by atoms with van der Waals surface area (Å²) in [6.07, 6.45) is 1.02. The number of rotatable bonds is 5. The van der Waals surface area contributed by atoms with E-state index >= 15 is 0 Å². The Balaban J connectivity index is 1.92. The second-order valence-electron chi connectivity index (χ2n) is 3.75. The monoisotopic (exact) mass is 248 g/mol. The Kier molecular flexibility index (Phi) is 3.88. The van der Waals surface area contributed by atoms with Gasteiger partial charge in [0.25, 0.3) is 0 Å². The van der Waals surface area contributed by atoms with Crippen molar-refractivity contribution >= 4 is 22.7 Å². The van der Waals surface area contributed by atoms with Crippen molar-refractivity contribution in [3.63, 3.8) is 0 Å². The van der Waals surface area contributed by atoms with Gasteiger partial charge in [0.15, 0.2) is 0 Å². The minimum atomic E-state index is 0.711. The van der Waals surface area contributed by atoms with Crippen LogP contribution in [0.4, 0.5) is 11.4 Å². The van der Waals surface area contributed by atoms with Crippen molar-refractivity contribution in [2.24, 2.45) is 0 Å². The molecule has 17 heavy (non-hydrogen) atoms. The lowest BCUT2D eigenvalue weighted by molar-refractivity contribution is 0.415. The molecule has 4 heteroatoms. The maximum atomic E-state index is 5.78. The molecule has 3 N–H and O–H groups in total. The van der Waals surface area contributed by atoms with Crippen LogP contribution in [0.15, 0.2) is 35.7 Å². The molecule has 1 heterocycles. The van der Waals surface area contributed by atoms with Crippen LogP contribution in [0.2, 0.25) is 0 Å². The Morgan fingerprint density at radius 2 is 2.24 bits per heavy atom. The molecule has 0 amide bonds. The smallest absolute Gasteiger partial charge is 0.122 e. The van der Waals surface area contributed by atoms with Crippen LogP contribution < -0.4 is 15.8 Å². The van der Waals surface area contributed by atoms with E-state index in [4.69, 9.17) is 10.5 Å². The number of ether oxygens (including phenoxy) is 1. The Hall–Kier alpha value is -1.68. The van der Waals surface area contributed by atoms with Gasteiger partial charge < -0.3 is 15.8 Å². The van der Waals surface area contributed by atoms with E-state index in [0.29, 0.717) is 5.69 Å². The lowest BCUT2D eigenvalue weighted by Gasteiger charge is -2.08. The number of anilines is 2. The predicted octanol–water partition coefficient (Wildman–Crippen LogP) is 2.99. The maximum absolute atomic E-state index is 5.78. The Labute approximate surface area is 105 Å². The molecule has 0 fully saturated rings. The third kappa shape index (κ3) is 3.39. The van der Waals surface area contributed by atoms with E-state index in [9.17, 15) is 0 Å². The highest BCUT2D eigenvalue weighted by Crippen LogP contribution is 2.22.